The van der Waals surface area contributed by atoms with Gasteiger partial charge >= 0.3 is 0 Å². The van der Waals surface area contributed by atoms with E-state index in [0.717, 1.165) is 43.4 Å². The van der Waals surface area contributed by atoms with Crippen molar-refractivity contribution in [3.8, 4) is 0 Å². The van der Waals surface area contributed by atoms with Crippen LogP contribution in [0.4, 0.5) is 0 Å². The molecule has 1 aromatic heterocycles. The van der Waals surface area contributed by atoms with Crippen LogP contribution in [0.5, 0.6) is 0 Å². The van der Waals surface area contributed by atoms with Gasteiger partial charge in [0.25, 0.3) is 0 Å². The highest BCUT2D eigenvalue weighted by Crippen LogP contribution is 2.25. The van der Waals surface area contributed by atoms with Crippen LogP contribution in [0.1, 0.15) is 43.2 Å². The second-order valence-electron chi connectivity index (χ2n) is 4.61. The van der Waals surface area contributed by atoms with Gasteiger partial charge in [-0.3, -0.25) is 0 Å². The summed E-state index contributed by atoms with van der Waals surface area (Å²) in [6, 6.07) is 0.734. The predicted molar refractivity (Wildman–Crippen MR) is 59.8 cm³/mol. The summed E-state index contributed by atoms with van der Waals surface area (Å²) in [7, 11) is 0. The summed E-state index contributed by atoms with van der Waals surface area (Å²) in [6.07, 6.45) is 8.77. The maximum atomic E-state index is 5.55. The van der Waals surface area contributed by atoms with Gasteiger partial charge in [0.05, 0.1) is 0 Å². The number of rotatable bonds is 4. The summed E-state index contributed by atoms with van der Waals surface area (Å²) >= 11 is 0. The molecular weight excluding hydrogens is 202 g/mol. The molecular formula is C12H17N3O. The fraction of sp³-hybridized carbons (Fsp3) is 0.667. The van der Waals surface area contributed by atoms with Crippen molar-refractivity contribution in [2.75, 3.05) is 6.61 Å². The normalized spacial score (nSPS) is 24.9. The third kappa shape index (κ3) is 2.39. The highest BCUT2D eigenvalue weighted by atomic mass is 16.5. The Morgan fingerprint density at radius 2 is 2.06 bits per heavy atom. The van der Waals surface area contributed by atoms with Gasteiger partial charge in [0.1, 0.15) is 6.10 Å². The maximum Gasteiger partial charge on any atom is 0.157 e. The van der Waals surface area contributed by atoms with Crippen molar-refractivity contribution in [1.82, 2.24) is 15.3 Å². The Labute approximate surface area is 95.4 Å². The monoisotopic (exact) mass is 219 g/mol. The first-order chi connectivity index (χ1) is 7.92. The summed E-state index contributed by atoms with van der Waals surface area (Å²) in [5.74, 6) is 0.840. The summed E-state index contributed by atoms with van der Waals surface area (Å²) in [4.78, 5) is 8.77. The lowest BCUT2D eigenvalue weighted by molar-refractivity contribution is 0.105. The standard InChI is InChI=1S/C12H17N3O/c1-2-11(16-5-1)12-14-7-9(8-15-12)6-13-10-3-4-10/h7-8,10-11,13H,1-6H2. The van der Waals surface area contributed by atoms with E-state index in [4.69, 9.17) is 4.74 Å². The molecule has 2 fully saturated rings. The second kappa shape index (κ2) is 4.47. The molecule has 1 saturated heterocycles. The van der Waals surface area contributed by atoms with Crippen LogP contribution in [-0.4, -0.2) is 22.6 Å². The van der Waals surface area contributed by atoms with Crippen LogP contribution >= 0.6 is 0 Å². The molecule has 2 aliphatic rings. The number of hydrogen-bond donors (Lipinski definition) is 1. The van der Waals surface area contributed by atoms with Gasteiger partial charge in [-0.1, -0.05) is 0 Å². The van der Waals surface area contributed by atoms with Crippen LogP contribution in [0.25, 0.3) is 0 Å². The molecule has 0 spiro atoms. The first-order valence-corrected chi connectivity index (χ1v) is 6.07. The third-order valence-corrected chi connectivity index (χ3v) is 3.12. The van der Waals surface area contributed by atoms with Crippen LogP contribution in [0.2, 0.25) is 0 Å². The molecule has 3 rings (SSSR count). The molecule has 86 valence electrons. The molecule has 1 aliphatic heterocycles. The van der Waals surface area contributed by atoms with E-state index in [9.17, 15) is 0 Å². The SMILES string of the molecule is c1nc(C2CCCO2)ncc1CNC1CC1. The fourth-order valence-corrected chi connectivity index (χ4v) is 1.95. The smallest absolute Gasteiger partial charge is 0.157 e. The Kier molecular flexibility index (Phi) is 2.84. The van der Waals surface area contributed by atoms with Crippen molar-refractivity contribution in [3.63, 3.8) is 0 Å². The number of nitrogens with zero attached hydrogens (tertiary/aromatic N) is 2. The summed E-state index contributed by atoms with van der Waals surface area (Å²) in [6.45, 7) is 1.73. The molecule has 0 bridgehead atoms. The average molecular weight is 219 g/mol. The highest BCUT2D eigenvalue weighted by Gasteiger charge is 2.21. The summed E-state index contributed by atoms with van der Waals surface area (Å²) in [5.41, 5.74) is 1.16. The van der Waals surface area contributed by atoms with Gasteiger partial charge in [-0.05, 0) is 25.7 Å². The van der Waals surface area contributed by atoms with Crippen molar-refractivity contribution < 1.29 is 4.74 Å². The molecule has 1 N–H and O–H groups in total. The minimum Gasteiger partial charge on any atom is -0.370 e. The van der Waals surface area contributed by atoms with E-state index >= 15 is 0 Å². The van der Waals surface area contributed by atoms with Gasteiger partial charge < -0.3 is 10.1 Å². The lowest BCUT2D eigenvalue weighted by Crippen LogP contribution is -2.16. The van der Waals surface area contributed by atoms with Crippen molar-refractivity contribution in [1.29, 1.82) is 0 Å². The lowest BCUT2D eigenvalue weighted by Gasteiger charge is -2.08. The molecule has 1 aliphatic carbocycles. The number of aromatic nitrogens is 2. The zero-order valence-electron chi connectivity index (χ0n) is 9.35. The van der Waals surface area contributed by atoms with Gasteiger partial charge in [-0.15, -0.1) is 0 Å². The molecule has 16 heavy (non-hydrogen) atoms. The van der Waals surface area contributed by atoms with E-state index in [-0.39, 0.29) is 6.10 Å². The zero-order chi connectivity index (χ0) is 10.8. The first kappa shape index (κ1) is 10.2. The van der Waals surface area contributed by atoms with Crippen molar-refractivity contribution in [2.24, 2.45) is 0 Å². The minimum atomic E-state index is 0.130. The van der Waals surface area contributed by atoms with Crippen LogP contribution in [-0.2, 0) is 11.3 Å². The summed E-state index contributed by atoms with van der Waals surface area (Å²) < 4.78 is 5.55. The Balaban J connectivity index is 1.59. The van der Waals surface area contributed by atoms with Crippen LogP contribution in [0.3, 0.4) is 0 Å². The quantitative estimate of drug-likeness (QED) is 0.835. The fourth-order valence-electron chi connectivity index (χ4n) is 1.95. The zero-order valence-corrected chi connectivity index (χ0v) is 9.35. The second-order valence-corrected chi connectivity index (χ2v) is 4.61. The lowest BCUT2D eigenvalue weighted by atomic mass is 10.2. The number of hydrogen-bond acceptors (Lipinski definition) is 4. The van der Waals surface area contributed by atoms with E-state index in [0.29, 0.717) is 0 Å². The minimum absolute atomic E-state index is 0.130. The summed E-state index contributed by atoms with van der Waals surface area (Å²) in [5, 5.41) is 3.45. The Morgan fingerprint density at radius 3 is 2.69 bits per heavy atom. The Bertz CT molecular complexity index is 342. The molecule has 0 radical (unpaired) electrons. The molecule has 2 heterocycles. The topological polar surface area (TPSA) is 47.0 Å². The van der Waals surface area contributed by atoms with Gasteiger partial charge in [-0.25, -0.2) is 9.97 Å². The largest absolute Gasteiger partial charge is 0.370 e. The number of nitrogens with one attached hydrogen (secondary N) is 1. The van der Waals surface area contributed by atoms with Crippen LogP contribution < -0.4 is 5.32 Å². The van der Waals surface area contributed by atoms with Crippen molar-refractivity contribution in [2.45, 2.75) is 44.4 Å². The molecule has 0 amide bonds. The van der Waals surface area contributed by atoms with E-state index in [1.54, 1.807) is 0 Å². The molecule has 1 saturated carbocycles. The molecule has 1 atom stereocenters. The van der Waals surface area contributed by atoms with Crippen LogP contribution in [0, 0.1) is 0 Å². The first-order valence-electron chi connectivity index (χ1n) is 6.07. The van der Waals surface area contributed by atoms with Gasteiger partial charge in [0.15, 0.2) is 5.82 Å². The van der Waals surface area contributed by atoms with Crippen LogP contribution in [0.15, 0.2) is 12.4 Å². The molecule has 1 unspecified atom stereocenters. The number of ether oxygens (including phenoxy) is 1. The Hall–Kier alpha value is -1.00. The molecule has 4 nitrogen and oxygen atoms in total. The van der Waals surface area contributed by atoms with E-state index in [1.165, 1.54) is 12.8 Å². The van der Waals surface area contributed by atoms with E-state index < -0.39 is 0 Å². The average Bonchev–Trinajstić information content (AvgIpc) is 3.00. The highest BCUT2D eigenvalue weighted by molar-refractivity contribution is 5.07. The molecule has 1 aromatic rings. The van der Waals surface area contributed by atoms with E-state index in [2.05, 4.69) is 15.3 Å². The van der Waals surface area contributed by atoms with Gasteiger partial charge in [0, 0.05) is 37.2 Å². The van der Waals surface area contributed by atoms with E-state index in [1.807, 2.05) is 12.4 Å². The molecule has 0 aromatic carbocycles. The Morgan fingerprint density at radius 1 is 1.25 bits per heavy atom. The predicted octanol–water partition coefficient (Wildman–Crippen LogP) is 1.58. The van der Waals surface area contributed by atoms with Gasteiger partial charge in [-0.2, -0.15) is 0 Å². The van der Waals surface area contributed by atoms with Gasteiger partial charge in [0.2, 0.25) is 0 Å². The third-order valence-electron chi connectivity index (χ3n) is 3.12. The van der Waals surface area contributed by atoms with Crippen molar-refractivity contribution >= 4 is 0 Å². The molecule has 4 heteroatoms. The maximum absolute atomic E-state index is 5.55. The van der Waals surface area contributed by atoms with Crippen molar-refractivity contribution in [3.05, 3.63) is 23.8 Å².